The number of nitrogens with one attached hydrogen (secondary N) is 1. The normalized spacial score (nSPS) is 10.1. The van der Waals surface area contributed by atoms with Gasteiger partial charge >= 0.3 is 0 Å². The van der Waals surface area contributed by atoms with E-state index in [4.69, 9.17) is 9.47 Å². The molecule has 0 spiro atoms. The summed E-state index contributed by atoms with van der Waals surface area (Å²) >= 11 is 0. The van der Waals surface area contributed by atoms with Gasteiger partial charge in [0.2, 0.25) is 0 Å². The molecule has 0 amide bonds. The van der Waals surface area contributed by atoms with Crippen molar-refractivity contribution in [3.8, 4) is 11.5 Å². The topological polar surface area (TPSA) is 30.5 Å². The summed E-state index contributed by atoms with van der Waals surface area (Å²) in [6.07, 6.45) is 0. The van der Waals surface area contributed by atoms with Crippen molar-refractivity contribution in [1.29, 1.82) is 0 Å². The number of hydrogen-bond donors (Lipinski definition) is 1. The lowest BCUT2D eigenvalue weighted by molar-refractivity contribution is 0.326. The highest BCUT2D eigenvalue weighted by atomic mass is 19.1. The molecule has 0 unspecified atom stereocenters. The van der Waals surface area contributed by atoms with Crippen molar-refractivity contribution in [1.82, 2.24) is 0 Å². The molecule has 1 N–H and O–H groups in total. The Balaban J connectivity index is 1.74. The van der Waals surface area contributed by atoms with Gasteiger partial charge in [-0.05, 0) is 43.3 Å². The van der Waals surface area contributed by atoms with Crippen molar-refractivity contribution >= 4 is 5.69 Å². The number of anilines is 1. The Hall–Kier alpha value is -2.23. The fourth-order valence-corrected chi connectivity index (χ4v) is 1.76. The van der Waals surface area contributed by atoms with Crippen LogP contribution in [0.1, 0.15) is 6.92 Å². The first-order valence-corrected chi connectivity index (χ1v) is 6.63. The monoisotopic (exact) mass is 275 g/mol. The summed E-state index contributed by atoms with van der Waals surface area (Å²) in [5.41, 5.74) is 0.489. The third-order valence-corrected chi connectivity index (χ3v) is 2.69. The predicted octanol–water partition coefficient (Wildman–Crippen LogP) is 3.72. The zero-order valence-corrected chi connectivity index (χ0v) is 11.4. The maximum Gasteiger partial charge on any atom is 0.146 e. The summed E-state index contributed by atoms with van der Waals surface area (Å²) in [5.74, 6) is 1.33. The molecule has 2 aromatic carbocycles. The van der Waals surface area contributed by atoms with Gasteiger partial charge in [-0.1, -0.05) is 12.1 Å². The molecular weight excluding hydrogens is 257 g/mol. The lowest BCUT2D eigenvalue weighted by atomic mass is 10.3. The van der Waals surface area contributed by atoms with Crippen molar-refractivity contribution in [2.45, 2.75) is 6.92 Å². The fraction of sp³-hybridized carbons (Fsp3) is 0.250. The summed E-state index contributed by atoms with van der Waals surface area (Å²) in [6, 6.07) is 14.0. The van der Waals surface area contributed by atoms with E-state index < -0.39 is 0 Å². The fourth-order valence-electron chi connectivity index (χ4n) is 1.76. The number of rotatable bonds is 7. The highest BCUT2D eigenvalue weighted by Crippen LogP contribution is 2.17. The van der Waals surface area contributed by atoms with Crippen molar-refractivity contribution in [2.75, 3.05) is 25.1 Å². The van der Waals surface area contributed by atoms with Gasteiger partial charge < -0.3 is 14.8 Å². The summed E-state index contributed by atoms with van der Waals surface area (Å²) in [4.78, 5) is 0. The van der Waals surface area contributed by atoms with Crippen LogP contribution in [0.4, 0.5) is 10.1 Å². The van der Waals surface area contributed by atoms with Crippen LogP contribution >= 0.6 is 0 Å². The SMILES string of the molecule is CCOc1ccc(OCCNc2ccccc2F)cc1. The maximum atomic E-state index is 13.3. The number of hydrogen-bond acceptors (Lipinski definition) is 3. The van der Waals surface area contributed by atoms with Crippen LogP contribution in [0, 0.1) is 5.82 Å². The Kier molecular flexibility index (Phi) is 5.24. The molecule has 0 saturated heterocycles. The highest BCUT2D eigenvalue weighted by Gasteiger charge is 1.99. The maximum absolute atomic E-state index is 13.3. The minimum atomic E-state index is -0.256. The van der Waals surface area contributed by atoms with E-state index in [0.717, 1.165) is 11.5 Å². The van der Waals surface area contributed by atoms with Crippen LogP contribution in [0.2, 0.25) is 0 Å². The molecule has 20 heavy (non-hydrogen) atoms. The van der Waals surface area contributed by atoms with Crippen LogP contribution in [0.3, 0.4) is 0 Å². The smallest absolute Gasteiger partial charge is 0.146 e. The Morgan fingerprint density at radius 2 is 1.60 bits per heavy atom. The zero-order chi connectivity index (χ0) is 14.2. The van der Waals surface area contributed by atoms with Gasteiger partial charge in [0.1, 0.15) is 23.9 Å². The minimum absolute atomic E-state index is 0.256. The second-order valence-corrected chi connectivity index (χ2v) is 4.16. The molecule has 2 aromatic rings. The lowest BCUT2D eigenvalue weighted by Gasteiger charge is -2.10. The average molecular weight is 275 g/mol. The molecule has 106 valence electrons. The molecule has 4 heteroatoms. The Bertz CT molecular complexity index is 528. The first kappa shape index (κ1) is 14.2. The van der Waals surface area contributed by atoms with E-state index in [2.05, 4.69) is 5.32 Å². The van der Waals surface area contributed by atoms with Crippen molar-refractivity contribution in [3.05, 3.63) is 54.3 Å². The molecule has 0 bridgehead atoms. The largest absolute Gasteiger partial charge is 0.494 e. The van der Waals surface area contributed by atoms with Crippen molar-refractivity contribution in [2.24, 2.45) is 0 Å². The molecule has 0 aliphatic carbocycles. The first-order valence-electron chi connectivity index (χ1n) is 6.63. The number of ether oxygens (including phenoxy) is 2. The van der Waals surface area contributed by atoms with E-state index in [0.29, 0.717) is 25.4 Å². The second-order valence-electron chi connectivity index (χ2n) is 4.16. The second kappa shape index (κ2) is 7.38. The van der Waals surface area contributed by atoms with Gasteiger partial charge in [0, 0.05) is 6.54 Å². The average Bonchev–Trinajstić information content (AvgIpc) is 2.47. The third kappa shape index (κ3) is 4.16. The third-order valence-electron chi connectivity index (χ3n) is 2.69. The Morgan fingerprint density at radius 3 is 2.25 bits per heavy atom. The number of para-hydroxylation sites is 1. The molecule has 0 fully saturated rings. The van der Waals surface area contributed by atoms with E-state index in [1.165, 1.54) is 6.07 Å². The van der Waals surface area contributed by atoms with Gasteiger partial charge in [-0.2, -0.15) is 0 Å². The molecule has 0 atom stereocenters. The molecule has 0 aliphatic heterocycles. The van der Waals surface area contributed by atoms with E-state index in [-0.39, 0.29) is 5.82 Å². The van der Waals surface area contributed by atoms with E-state index in [1.807, 2.05) is 31.2 Å². The molecule has 2 rings (SSSR count). The van der Waals surface area contributed by atoms with Crippen molar-refractivity contribution in [3.63, 3.8) is 0 Å². The minimum Gasteiger partial charge on any atom is -0.494 e. The molecule has 0 radical (unpaired) electrons. The first-order chi connectivity index (χ1) is 9.79. The predicted molar refractivity (Wildman–Crippen MR) is 78.0 cm³/mol. The van der Waals surface area contributed by atoms with Gasteiger partial charge in [0.25, 0.3) is 0 Å². The molecule has 0 saturated carbocycles. The highest BCUT2D eigenvalue weighted by molar-refractivity contribution is 5.44. The summed E-state index contributed by atoms with van der Waals surface area (Å²) in [7, 11) is 0. The van der Waals surface area contributed by atoms with Crippen LogP contribution in [0.5, 0.6) is 11.5 Å². The number of benzene rings is 2. The zero-order valence-electron chi connectivity index (χ0n) is 11.4. The van der Waals surface area contributed by atoms with Gasteiger partial charge in [0.05, 0.1) is 12.3 Å². The molecule has 0 aliphatic rings. The lowest BCUT2D eigenvalue weighted by Crippen LogP contribution is -2.12. The molecular formula is C16H18FNO2. The van der Waals surface area contributed by atoms with Gasteiger partial charge in [-0.3, -0.25) is 0 Å². The van der Waals surface area contributed by atoms with Crippen molar-refractivity contribution < 1.29 is 13.9 Å². The standard InChI is InChI=1S/C16H18FNO2/c1-2-19-13-7-9-14(10-8-13)20-12-11-18-16-6-4-3-5-15(16)17/h3-10,18H,2,11-12H2,1H3. The molecule has 3 nitrogen and oxygen atoms in total. The van der Waals surface area contributed by atoms with E-state index in [9.17, 15) is 4.39 Å². The van der Waals surface area contributed by atoms with Gasteiger partial charge in [0.15, 0.2) is 0 Å². The van der Waals surface area contributed by atoms with Crippen LogP contribution in [-0.4, -0.2) is 19.8 Å². The van der Waals surface area contributed by atoms with E-state index in [1.54, 1.807) is 18.2 Å². The van der Waals surface area contributed by atoms with Crippen LogP contribution in [-0.2, 0) is 0 Å². The van der Waals surface area contributed by atoms with Crippen LogP contribution in [0.25, 0.3) is 0 Å². The van der Waals surface area contributed by atoms with Gasteiger partial charge in [-0.15, -0.1) is 0 Å². The van der Waals surface area contributed by atoms with Crippen LogP contribution < -0.4 is 14.8 Å². The number of halogens is 1. The van der Waals surface area contributed by atoms with Gasteiger partial charge in [-0.25, -0.2) is 4.39 Å². The summed E-state index contributed by atoms with van der Waals surface area (Å²) < 4.78 is 24.2. The summed E-state index contributed by atoms with van der Waals surface area (Å²) in [5, 5.41) is 2.99. The van der Waals surface area contributed by atoms with E-state index >= 15 is 0 Å². The molecule has 0 heterocycles. The molecule has 0 aromatic heterocycles. The Morgan fingerprint density at radius 1 is 0.950 bits per heavy atom. The van der Waals surface area contributed by atoms with Crippen LogP contribution in [0.15, 0.2) is 48.5 Å². The Labute approximate surface area is 118 Å². The quantitative estimate of drug-likeness (QED) is 0.781. The summed E-state index contributed by atoms with van der Waals surface area (Å²) in [6.45, 7) is 3.59.